The molecule has 0 unspecified atom stereocenters. The van der Waals surface area contributed by atoms with Crippen molar-refractivity contribution in [1.29, 1.82) is 0 Å². The third kappa shape index (κ3) is 40.4. The van der Waals surface area contributed by atoms with Crippen LogP contribution in [-0.2, 0) is 9.47 Å². The van der Waals surface area contributed by atoms with Crippen molar-refractivity contribution in [3.63, 3.8) is 0 Å². The summed E-state index contributed by atoms with van der Waals surface area (Å²) in [6.07, 6.45) is 31.2. The highest BCUT2D eigenvalue weighted by molar-refractivity contribution is 4.50. The van der Waals surface area contributed by atoms with Crippen molar-refractivity contribution in [1.82, 2.24) is 0 Å². The van der Waals surface area contributed by atoms with Crippen LogP contribution in [0.3, 0.4) is 0 Å². The fourth-order valence-electron chi connectivity index (χ4n) is 4.29. The Balaban J connectivity index is 0. The van der Waals surface area contributed by atoms with E-state index in [9.17, 15) is 0 Å². The van der Waals surface area contributed by atoms with Crippen molar-refractivity contribution in [2.45, 2.75) is 168 Å². The molecule has 0 aliphatic carbocycles. The molecule has 0 heterocycles. The van der Waals surface area contributed by atoms with Gasteiger partial charge in [0.1, 0.15) is 6.10 Å². The van der Waals surface area contributed by atoms with Crippen molar-refractivity contribution < 1.29 is 24.8 Å². The van der Waals surface area contributed by atoms with E-state index in [-0.39, 0.29) is 13.2 Å². The summed E-state index contributed by atoms with van der Waals surface area (Å²) in [7, 11) is 0. The molecule has 0 bridgehead atoms. The van der Waals surface area contributed by atoms with E-state index in [2.05, 4.69) is 13.8 Å². The van der Waals surface area contributed by atoms with E-state index >= 15 is 0 Å². The molecule has 5 heteroatoms. The summed E-state index contributed by atoms with van der Waals surface area (Å²) in [6, 6.07) is 0. The van der Waals surface area contributed by atoms with Gasteiger partial charge in [-0.1, -0.05) is 149 Å². The predicted octanol–water partition coefficient (Wildman–Crippen LogP) is 8.36. The molecule has 0 aliphatic heterocycles. The predicted molar refractivity (Wildman–Crippen MR) is 159 cm³/mol. The Morgan fingerprint density at radius 1 is 0.378 bits per heavy atom. The third-order valence-corrected chi connectivity index (χ3v) is 6.83. The SMILES string of the molecule is CCCCCCCCCCCCCCOCCOCCCCCCCCCCCCC.OCC(O)CO. The number of rotatable bonds is 30. The molecule has 0 saturated heterocycles. The van der Waals surface area contributed by atoms with Crippen LogP contribution < -0.4 is 0 Å². The van der Waals surface area contributed by atoms with E-state index in [0.29, 0.717) is 0 Å². The molecule has 0 amide bonds. The molecule has 0 saturated carbocycles. The number of hydrogen-bond donors (Lipinski definition) is 3. The number of ether oxygens (including phenoxy) is 2. The molecule has 0 radical (unpaired) electrons. The van der Waals surface area contributed by atoms with Crippen LogP contribution >= 0.6 is 0 Å². The lowest BCUT2D eigenvalue weighted by Crippen LogP contribution is -2.15. The molecular formula is C32H68O5. The van der Waals surface area contributed by atoms with Gasteiger partial charge in [-0.05, 0) is 12.8 Å². The van der Waals surface area contributed by atoms with E-state index in [1.165, 1.54) is 148 Å². The average Bonchev–Trinajstić information content (AvgIpc) is 2.92. The highest BCUT2D eigenvalue weighted by Gasteiger charge is 1.96. The monoisotopic (exact) mass is 533 g/mol. The maximum atomic E-state index is 8.17. The molecule has 0 aromatic heterocycles. The molecule has 5 nitrogen and oxygen atoms in total. The quantitative estimate of drug-likeness (QED) is 0.0810. The van der Waals surface area contributed by atoms with Crippen molar-refractivity contribution in [2.24, 2.45) is 0 Å². The first-order valence-electron chi connectivity index (χ1n) is 16.3. The minimum atomic E-state index is -0.954. The lowest BCUT2D eigenvalue weighted by atomic mass is 10.1. The molecule has 3 N–H and O–H groups in total. The smallest absolute Gasteiger partial charge is 0.100 e. The molecule has 0 aliphatic rings. The highest BCUT2D eigenvalue weighted by atomic mass is 16.5. The summed E-state index contributed by atoms with van der Waals surface area (Å²) >= 11 is 0. The Morgan fingerprint density at radius 3 is 0.838 bits per heavy atom. The first-order chi connectivity index (χ1) is 18.2. The van der Waals surface area contributed by atoms with Crippen LogP contribution in [0.5, 0.6) is 0 Å². The first-order valence-corrected chi connectivity index (χ1v) is 16.3. The largest absolute Gasteiger partial charge is 0.394 e. The van der Waals surface area contributed by atoms with Crippen LogP contribution in [-0.4, -0.2) is 61.1 Å². The van der Waals surface area contributed by atoms with Crippen LogP contribution in [0.25, 0.3) is 0 Å². The van der Waals surface area contributed by atoms with E-state index in [1.54, 1.807) is 0 Å². The van der Waals surface area contributed by atoms with Gasteiger partial charge in [-0.25, -0.2) is 0 Å². The maximum absolute atomic E-state index is 8.17. The van der Waals surface area contributed by atoms with Crippen LogP contribution in [0.1, 0.15) is 162 Å². The number of aliphatic hydroxyl groups excluding tert-OH is 3. The van der Waals surface area contributed by atoms with Crippen molar-refractivity contribution >= 4 is 0 Å². The van der Waals surface area contributed by atoms with Crippen LogP contribution in [0.2, 0.25) is 0 Å². The first kappa shape index (κ1) is 38.9. The van der Waals surface area contributed by atoms with Gasteiger partial charge in [0, 0.05) is 13.2 Å². The van der Waals surface area contributed by atoms with Gasteiger partial charge in [0.2, 0.25) is 0 Å². The van der Waals surface area contributed by atoms with Crippen LogP contribution in [0, 0.1) is 0 Å². The zero-order valence-corrected chi connectivity index (χ0v) is 25.2. The summed E-state index contributed by atoms with van der Waals surface area (Å²) < 4.78 is 11.4. The molecule has 0 aromatic carbocycles. The van der Waals surface area contributed by atoms with Gasteiger partial charge in [0.15, 0.2) is 0 Å². The summed E-state index contributed by atoms with van der Waals surface area (Å²) in [5.74, 6) is 0. The Kier molecular flexibility index (Phi) is 39.9. The van der Waals surface area contributed by atoms with E-state index in [0.717, 1.165) is 26.4 Å². The van der Waals surface area contributed by atoms with E-state index in [4.69, 9.17) is 24.8 Å². The zero-order valence-electron chi connectivity index (χ0n) is 25.2. The summed E-state index contributed by atoms with van der Waals surface area (Å²) in [5, 5.41) is 24.0. The van der Waals surface area contributed by atoms with Crippen molar-refractivity contribution in [3.8, 4) is 0 Å². The molecule has 0 fully saturated rings. The standard InChI is InChI=1S/C29H60O2.C3H8O3/c1-3-5-7-9-11-13-15-17-19-21-23-25-27-31-29-28-30-26-24-22-20-18-16-14-12-10-8-6-4-2;4-1-3(6)2-5/h3-29H2,1-2H3;3-6H,1-2H2. The number of hydrogen-bond acceptors (Lipinski definition) is 5. The van der Waals surface area contributed by atoms with E-state index in [1.807, 2.05) is 0 Å². The second kappa shape index (κ2) is 37.9. The number of aliphatic hydroxyl groups is 3. The molecule has 226 valence electrons. The zero-order chi connectivity index (χ0) is 27.5. The summed E-state index contributed by atoms with van der Waals surface area (Å²) in [5.41, 5.74) is 0. The lowest BCUT2D eigenvalue weighted by molar-refractivity contribution is 0.0448. The van der Waals surface area contributed by atoms with Crippen LogP contribution in [0.4, 0.5) is 0 Å². The Bertz CT molecular complexity index is 335. The fourth-order valence-corrected chi connectivity index (χ4v) is 4.29. The maximum Gasteiger partial charge on any atom is 0.100 e. The highest BCUT2D eigenvalue weighted by Crippen LogP contribution is 2.12. The minimum Gasteiger partial charge on any atom is -0.394 e. The summed E-state index contributed by atoms with van der Waals surface area (Å²) in [4.78, 5) is 0. The lowest BCUT2D eigenvalue weighted by Gasteiger charge is -2.06. The van der Waals surface area contributed by atoms with Gasteiger partial charge < -0.3 is 24.8 Å². The molecule has 0 spiro atoms. The topological polar surface area (TPSA) is 79.2 Å². The Labute approximate surface area is 232 Å². The van der Waals surface area contributed by atoms with Gasteiger partial charge in [0.25, 0.3) is 0 Å². The van der Waals surface area contributed by atoms with Gasteiger partial charge in [-0.2, -0.15) is 0 Å². The molecule has 0 atom stereocenters. The van der Waals surface area contributed by atoms with E-state index < -0.39 is 6.10 Å². The van der Waals surface area contributed by atoms with Gasteiger partial charge in [-0.3, -0.25) is 0 Å². The Morgan fingerprint density at radius 2 is 0.622 bits per heavy atom. The summed E-state index contributed by atoms with van der Waals surface area (Å²) in [6.45, 7) is 7.23. The molecule has 0 aromatic rings. The second-order valence-electron chi connectivity index (χ2n) is 10.7. The average molecular weight is 533 g/mol. The normalized spacial score (nSPS) is 11.2. The molecule has 0 rings (SSSR count). The minimum absolute atomic E-state index is 0.365. The van der Waals surface area contributed by atoms with Gasteiger partial charge in [-0.15, -0.1) is 0 Å². The second-order valence-corrected chi connectivity index (χ2v) is 10.7. The van der Waals surface area contributed by atoms with Gasteiger partial charge >= 0.3 is 0 Å². The Hall–Kier alpha value is -0.200. The van der Waals surface area contributed by atoms with Crippen molar-refractivity contribution in [3.05, 3.63) is 0 Å². The third-order valence-electron chi connectivity index (χ3n) is 6.83. The van der Waals surface area contributed by atoms with Crippen molar-refractivity contribution in [2.75, 3.05) is 39.6 Å². The molecular weight excluding hydrogens is 464 g/mol. The molecule has 37 heavy (non-hydrogen) atoms. The number of unbranched alkanes of at least 4 members (excludes halogenated alkanes) is 21. The fraction of sp³-hybridized carbons (Fsp3) is 1.00. The van der Waals surface area contributed by atoms with Crippen LogP contribution in [0.15, 0.2) is 0 Å². The van der Waals surface area contributed by atoms with Gasteiger partial charge in [0.05, 0.1) is 26.4 Å².